The Hall–Kier alpha value is -1.06. The van der Waals surface area contributed by atoms with Gasteiger partial charge in [-0.2, -0.15) is 0 Å². The third-order valence-corrected chi connectivity index (χ3v) is 3.53. The molecule has 0 unspecified atom stereocenters. The average Bonchev–Trinajstić information content (AvgIpc) is 2.32. The molecule has 0 aliphatic heterocycles. The van der Waals surface area contributed by atoms with Crippen molar-refractivity contribution in [1.29, 1.82) is 0 Å². The SMILES string of the molecule is Cc1ccc(Br)cc1NCc1ccc(F)cc1Cl. The van der Waals surface area contributed by atoms with Crippen molar-refractivity contribution >= 4 is 33.2 Å². The van der Waals surface area contributed by atoms with E-state index in [0.717, 1.165) is 21.3 Å². The van der Waals surface area contributed by atoms with Gasteiger partial charge in [-0.3, -0.25) is 0 Å². The predicted molar refractivity (Wildman–Crippen MR) is 77.6 cm³/mol. The maximum absolute atomic E-state index is 12.9. The van der Waals surface area contributed by atoms with Crippen LogP contribution in [0.15, 0.2) is 40.9 Å². The number of nitrogens with one attached hydrogen (secondary N) is 1. The molecule has 0 aliphatic carbocycles. The normalized spacial score (nSPS) is 10.4. The van der Waals surface area contributed by atoms with Crippen LogP contribution in [0.3, 0.4) is 0 Å². The molecule has 2 aromatic carbocycles. The quantitative estimate of drug-likeness (QED) is 0.820. The summed E-state index contributed by atoms with van der Waals surface area (Å²) in [5, 5.41) is 3.73. The zero-order chi connectivity index (χ0) is 13.1. The van der Waals surface area contributed by atoms with Crippen LogP contribution in [0.2, 0.25) is 5.02 Å². The van der Waals surface area contributed by atoms with Gasteiger partial charge in [-0.05, 0) is 42.3 Å². The number of rotatable bonds is 3. The van der Waals surface area contributed by atoms with Gasteiger partial charge in [0.1, 0.15) is 5.82 Å². The molecule has 0 heterocycles. The fraction of sp³-hybridized carbons (Fsp3) is 0.143. The second-order valence-electron chi connectivity index (χ2n) is 4.05. The zero-order valence-electron chi connectivity index (χ0n) is 9.81. The highest BCUT2D eigenvalue weighted by Gasteiger charge is 2.03. The van der Waals surface area contributed by atoms with Crippen molar-refractivity contribution in [2.75, 3.05) is 5.32 Å². The van der Waals surface area contributed by atoms with E-state index < -0.39 is 0 Å². The van der Waals surface area contributed by atoms with Crippen LogP contribution in [0.4, 0.5) is 10.1 Å². The molecule has 0 atom stereocenters. The van der Waals surface area contributed by atoms with Crippen LogP contribution in [-0.4, -0.2) is 0 Å². The molecule has 0 radical (unpaired) electrons. The Labute approximate surface area is 119 Å². The molecule has 0 bridgehead atoms. The van der Waals surface area contributed by atoms with E-state index in [1.54, 1.807) is 6.07 Å². The van der Waals surface area contributed by atoms with Gasteiger partial charge in [-0.1, -0.05) is 39.7 Å². The largest absolute Gasteiger partial charge is 0.381 e. The van der Waals surface area contributed by atoms with Gasteiger partial charge in [0.15, 0.2) is 0 Å². The van der Waals surface area contributed by atoms with Crippen LogP contribution >= 0.6 is 27.5 Å². The van der Waals surface area contributed by atoms with Crippen LogP contribution in [0.25, 0.3) is 0 Å². The third kappa shape index (κ3) is 3.24. The lowest BCUT2D eigenvalue weighted by molar-refractivity contribution is 0.627. The summed E-state index contributed by atoms with van der Waals surface area (Å²) in [4.78, 5) is 0. The monoisotopic (exact) mass is 327 g/mol. The fourth-order valence-electron chi connectivity index (χ4n) is 1.64. The smallest absolute Gasteiger partial charge is 0.124 e. The molecule has 18 heavy (non-hydrogen) atoms. The Kier molecular flexibility index (Phi) is 4.25. The standard InChI is InChI=1S/C14H12BrClFN/c1-9-2-4-11(15)6-14(9)18-8-10-3-5-12(17)7-13(10)16/h2-7,18H,8H2,1H3. The number of hydrogen-bond donors (Lipinski definition) is 1. The average molecular weight is 329 g/mol. The second-order valence-corrected chi connectivity index (χ2v) is 5.37. The predicted octanol–water partition coefficient (Wildman–Crippen LogP) is 5.16. The van der Waals surface area contributed by atoms with E-state index >= 15 is 0 Å². The van der Waals surface area contributed by atoms with Crippen LogP contribution in [0.5, 0.6) is 0 Å². The van der Waals surface area contributed by atoms with E-state index in [-0.39, 0.29) is 5.82 Å². The molecule has 1 nitrogen and oxygen atoms in total. The van der Waals surface area contributed by atoms with Gasteiger partial charge < -0.3 is 5.32 Å². The van der Waals surface area contributed by atoms with Crippen molar-refractivity contribution in [3.63, 3.8) is 0 Å². The summed E-state index contributed by atoms with van der Waals surface area (Å²) in [6.45, 7) is 2.59. The van der Waals surface area contributed by atoms with Crippen molar-refractivity contribution in [3.05, 3.63) is 62.8 Å². The Morgan fingerprint density at radius 2 is 2.00 bits per heavy atom. The summed E-state index contributed by atoms with van der Waals surface area (Å²) in [5.41, 5.74) is 3.05. The van der Waals surface area contributed by atoms with Crippen LogP contribution < -0.4 is 5.32 Å². The molecule has 0 spiro atoms. The van der Waals surface area contributed by atoms with E-state index in [4.69, 9.17) is 11.6 Å². The molecule has 4 heteroatoms. The molecule has 2 rings (SSSR count). The molecular weight excluding hydrogens is 317 g/mol. The van der Waals surface area contributed by atoms with Gasteiger partial charge in [0, 0.05) is 21.7 Å². The number of hydrogen-bond acceptors (Lipinski definition) is 1. The lowest BCUT2D eigenvalue weighted by atomic mass is 10.1. The van der Waals surface area contributed by atoms with Crippen molar-refractivity contribution < 1.29 is 4.39 Å². The highest BCUT2D eigenvalue weighted by Crippen LogP contribution is 2.23. The highest BCUT2D eigenvalue weighted by atomic mass is 79.9. The molecule has 0 saturated carbocycles. The molecule has 94 valence electrons. The van der Waals surface area contributed by atoms with E-state index in [1.807, 2.05) is 25.1 Å². The van der Waals surface area contributed by atoms with Crippen molar-refractivity contribution in [2.45, 2.75) is 13.5 Å². The lowest BCUT2D eigenvalue weighted by Crippen LogP contribution is -2.01. The Balaban J connectivity index is 2.13. The van der Waals surface area contributed by atoms with E-state index in [0.29, 0.717) is 11.6 Å². The maximum atomic E-state index is 12.9. The molecule has 0 saturated heterocycles. The van der Waals surface area contributed by atoms with E-state index in [1.165, 1.54) is 12.1 Å². The van der Waals surface area contributed by atoms with Crippen LogP contribution in [0, 0.1) is 12.7 Å². The van der Waals surface area contributed by atoms with Gasteiger partial charge in [-0.15, -0.1) is 0 Å². The summed E-state index contributed by atoms with van der Waals surface area (Å²) in [5.74, 6) is -0.317. The molecular formula is C14H12BrClFN. The molecule has 0 aromatic heterocycles. The van der Waals surface area contributed by atoms with Crippen LogP contribution in [0.1, 0.15) is 11.1 Å². The van der Waals surface area contributed by atoms with Gasteiger partial charge >= 0.3 is 0 Å². The number of halogens is 3. The summed E-state index contributed by atoms with van der Waals surface area (Å²) in [6.07, 6.45) is 0. The molecule has 0 amide bonds. The van der Waals surface area contributed by atoms with Crippen molar-refractivity contribution in [1.82, 2.24) is 0 Å². The van der Waals surface area contributed by atoms with E-state index in [2.05, 4.69) is 21.2 Å². The first-order valence-electron chi connectivity index (χ1n) is 5.50. The Bertz CT molecular complexity index is 572. The first kappa shape index (κ1) is 13.4. The van der Waals surface area contributed by atoms with Gasteiger partial charge in [-0.25, -0.2) is 4.39 Å². The van der Waals surface area contributed by atoms with Crippen molar-refractivity contribution in [3.8, 4) is 0 Å². The topological polar surface area (TPSA) is 12.0 Å². The summed E-state index contributed by atoms with van der Waals surface area (Å²) in [7, 11) is 0. The minimum absolute atomic E-state index is 0.317. The minimum Gasteiger partial charge on any atom is -0.381 e. The summed E-state index contributed by atoms with van der Waals surface area (Å²) >= 11 is 9.41. The van der Waals surface area contributed by atoms with Gasteiger partial charge in [0.2, 0.25) is 0 Å². The summed E-state index contributed by atoms with van der Waals surface area (Å²) in [6, 6.07) is 10.5. The zero-order valence-corrected chi connectivity index (χ0v) is 12.1. The van der Waals surface area contributed by atoms with Crippen LogP contribution in [-0.2, 0) is 6.54 Å². The fourth-order valence-corrected chi connectivity index (χ4v) is 2.24. The number of benzene rings is 2. The third-order valence-electron chi connectivity index (χ3n) is 2.68. The second kappa shape index (κ2) is 5.72. The van der Waals surface area contributed by atoms with Gasteiger partial charge in [0.25, 0.3) is 0 Å². The van der Waals surface area contributed by atoms with Crippen molar-refractivity contribution in [2.24, 2.45) is 0 Å². The first-order valence-corrected chi connectivity index (χ1v) is 6.67. The molecule has 0 fully saturated rings. The first-order chi connectivity index (χ1) is 8.56. The van der Waals surface area contributed by atoms with E-state index in [9.17, 15) is 4.39 Å². The molecule has 0 aliphatic rings. The molecule has 1 N–H and O–H groups in total. The lowest BCUT2D eigenvalue weighted by Gasteiger charge is -2.11. The Morgan fingerprint density at radius 3 is 2.72 bits per heavy atom. The highest BCUT2D eigenvalue weighted by molar-refractivity contribution is 9.10. The summed E-state index contributed by atoms with van der Waals surface area (Å²) < 4.78 is 13.9. The van der Waals surface area contributed by atoms with Gasteiger partial charge in [0.05, 0.1) is 0 Å². The number of anilines is 1. The Morgan fingerprint density at radius 1 is 1.22 bits per heavy atom. The maximum Gasteiger partial charge on any atom is 0.124 e. The number of aryl methyl sites for hydroxylation is 1. The minimum atomic E-state index is -0.317. The molecule has 2 aromatic rings.